The van der Waals surface area contributed by atoms with Gasteiger partial charge in [0.15, 0.2) is 0 Å². The Bertz CT molecular complexity index is 573. The molecule has 94 valence electrons. The van der Waals surface area contributed by atoms with Gasteiger partial charge < -0.3 is 10.6 Å². The number of rotatable bonds is 1. The highest BCUT2D eigenvalue weighted by Crippen LogP contribution is 2.17. The second-order valence-electron chi connectivity index (χ2n) is 5.24. The normalized spacial score (nSPS) is 11.3. The van der Waals surface area contributed by atoms with Gasteiger partial charge >= 0.3 is 6.03 Å². The minimum Gasteiger partial charge on any atom is -0.333 e. The van der Waals surface area contributed by atoms with E-state index < -0.39 is 0 Å². The van der Waals surface area contributed by atoms with Crippen molar-refractivity contribution in [2.45, 2.75) is 26.3 Å². The first-order valence-corrected chi connectivity index (χ1v) is 5.88. The highest BCUT2D eigenvalue weighted by Gasteiger charge is 2.13. The molecule has 0 aliphatic heterocycles. The summed E-state index contributed by atoms with van der Waals surface area (Å²) in [5, 5.41) is 6.67. The number of nitrogens with one attached hydrogen (secondary N) is 2. The Balaban J connectivity index is 2.15. The molecule has 0 bridgehead atoms. The quantitative estimate of drug-likeness (QED) is 0.808. The largest absolute Gasteiger partial charge is 0.333 e. The number of hydrogen-bond acceptors (Lipinski definition) is 2. The van der Waals surface area contributed by atoms with Crippen LogP contribution < -0.4 is 10.6 Å². The van der Waals surface area contributed by atoms with Gasteiger partial charge in [0.2, 0.25) is 0 Å². The van der Waals surface area contributed by atoms with Gasteiger partial charge in [0.05, 0.1) is 5.52 Å². The maximum atomic E-state index is 11.7. The topological polar surface area (TPSA) is 54.0 Å². The fourth-order valence-electron chi connectivity index (χ4n) is 1.66. The minimum atomic E-state index is -0.248. The summed E-state index contributed by atoms with van der Waals surface area (Å²) in [7, 11) is 0. The number of nitrogens with zero attached hydrogens (tertiary/aromatic N) is 1. The van der Waals surface area contributed by atoms with E-state index in [-0.39, 0.29) is 11.6 Å². The lowest BCUT2D eigenvalue weighted by Gasteiger charge is -2.20. The van der Waals surface area contributed by atoms with Crippen LogP contribution in [0.1, 0.15) is 20.8 Å². The van der Waals surface area contributed by atoms with E-state index in [9.17, 15) is 4.79 Å². The second kappa shape index (κ2) is 4.64. The molecule has 4 heteroatoms. The standard InChI is InChI=1S/C14H17N3O/c1-14(2,3)17-13(18)16-11-6-7-12-10(9-11)5-4-8-15-12/h4-9H,1-3H3,(H2,16,17,18). The van der Waals surface area contributed by atoms with E-state index in [0.29, 0.717) is 0 Å². The van der Waals surface area contributed by atoms with Crippen molar-refractivity contribution in [1.29, 1.82) is 0 Å². The van der Waals surface area contributed by atoms with Crippen LogP contribution in [0, 0.1) is 0 Å². The van der Waals surface area contributed by atoms with Crippen LogP contribution in [0.25, 0.3) is 10.9 Å². The van der Waals surface area contributed by atoms with Gasteiger partial charge in [-0.25, -0.2) is 4.79 Å². The molecule has 2 aromatic rings. The highest BCUT2D eigenvalue weighted by molar-refractivity contribution is 5.92. The average Bonchev–Trinajstić information content (AvgIpc) is 2.26. The van der Waals surface area contributed by atoms with E-state index in [1.807, 2.05) is 51.1 Å². The van der Waals surface area contributed by atoms with E-state index in [0.717, 1.165) is 16.6 Å². The monoisotopic (exact) mass is 243 g/mol. The molecule has 1 heterocycles. The molecular weight excluding hydrogens is 226 g/mol. The fraction of sp³-hybridized carbons (Fsp3) is 0.286. The smallest absolute Gasteiger partial charge is 0.319 e. The van der Waals surface area contributed by atoms with Crippen LogP contribution in [0.15, 0.2) is 36.5 Å². The van der Waals surface area contributed by atoms with Crippen LogP contribution in [-0.2, 0) is 0 Å². The molecule has 2 rings (SSSR count). The number of amides is 2. The van der Waals surface area contributed by atoms with E-state index in [4.69, 9.17) is 0 Å². The third kappa shape index (κ3) is 3.20. The van der Waals surface area contributed by atoms with Crippen molar-refractivity contribution in [2.75, 3.05) is 5.32 Å². The summed E-state index contributed by atoms with van der Waals surface area (Å²) in [6, 6.07) is 9.28. The third-order valence-electron chi connectivity index (χ3n) is 2.35. The Hall–Kier alpha value is -2.10. The van der Waals surface area contributed by atoms with Crippen molar-refractivity contribution >= 4 is 22.6 Å². The summed E-state index contributed by atoms with van der Waals surface area (Å²) in [6.45, 7) is 5.82. The van der Waals surface area contributed by atoms with Crippen molar-refractivity contribution in [3.8, 4) is 0 Å². The number of anilines is 1. The summed E-state index contributed by atoms with van der Waals surface area (Å²) in [6.07, 6.45) is 1.75. The van der Waals surface area contributed by atoms with Gasteiger partial charge in [0.1, 0.15) is 0 Å². The third-order valence-corrected chi connectivity index (χ3v) is 2.35. The van der Waals surface area contributed by atoms with Crippen LogP contribution in [0.2, 0.25) is 0 Å². The first-order chi connectivity index (χ1) is 8.44. The Morgan fingerprint density at radius 3 is 2.72 bits per heavy atom. The van der Waals surface area contributed by atoms with Crippen molar-refractivity contribution < 1.29 is 4.79 Å². The van der Waals surface area contributed by atoms with Crippen molar-refractivity contribution in [2.24, 2.45) is 0 Å². The molecule has 1 aromatic heterocycles. The molecule has 2 amide bonds. The fourth-order valence-corrected chi connectivity index (χ4v) is 1.66. The van der Waals surface area contributed by atoms with E-state index >= 15 is 0 Å². The zero-order valence-corrected chi connectivity index (χ0v) is 10.8. The summed E-state index contributed by atoms with van der Waals surface area (Å²) < 4.78 is 0. The number of fused-ring (bicyclic) bond motifs is 1. The van der Waals surface area contributed by atoms with Crippen LogP contribution >= 0.6 is 0 Å². The first-order valence-electron chi connectivity index (χ1n) is 5.88. The number of benzene rings is 1. The molecule has 0 fully saturated rings. The first kappa shape index (κ1) is 12.4. The molecule has 0 radical (unpaired) electrons. The number of pyridine rings is 1. The molecular formula is C14H17N3O. The molecule has 0 atom stereocenters. The molecule has 0 unspecified atom stereocenters. The van der Waals surface area contributed by atoms with Gasteiger partial charge in [-0.3, -0.25) is 4.98 Å². The Morgan fingerprint density at radius 2 is 2.00 bits per heavy atom. The molecule has 0 saturated heterocycles. The molecule has 1 aromatic carbocycles. The summed E-state index contributed by atoms with van der Waals surface area (Å²) in [5.74, 6) is 0. The predicted octanol–water partition coefficient (Wildman–Crippen LogP) is 3.15. The van der Waals surface area contributed by atoms with Gasteiger partial charge in [-0.15, -0.1) is 0 Å². The Morgan fingerprint density at radius 1 is 1.22 bits per heavy atom. The van der Waals surface area contributed by atoms with Gasteiger partial charge in [-0.2, -0.15) is 0 Å². The van der Waals surface area contributed by atoms with Gasteiger partial charge in [-0.1, -0.05) is 6.07 Å². The number of hydrogen-bond donors (Lipinski definition) is 2. The van der Waals surface area contributed by atoms with Crippen molar-refractivity contribution in [3.05, 3.63) is 36.5 Å². The van der Waals surface area contributed by atoms with Crippen molar-refractivity contribution in [1.82, 2.24) is 10.3 Å². The molecule has 0 aliphatic carbocycles. The summed E-state index contributed by atoms with van der Waals surface area (Å²) >= 11 is 0. The molecule has 0 spiro atoms. The number of carbonyl (C=O) groups is 1. The van der Waals surface area contributed by atoms with Gasteiger partial charge in [0, 0.05) is 22.8 Å². The highest BCUT2D eigenvalue weighted by atomic mass is 16.2. The lowest BCUT2D eigenvalue weighted by atomic mass is 10.1. The molecule has 2 N–H and O–H groups in total. The van der Waals surface area contributed by atoms with Gasteiger partial charge in [0.25, 0.3) is 0 Å². The zero-order chi connectivity index (χ0) is 13.2. The van der Waals surface area contributed by atoms with Crippen LogP contribution in [0.4, 0.5) is 10.5 Å². The van der Waals surface area contributed by atoms with E-state index in [1.165, 1.54) is 0 Å². The predicted molar refractivity (Wildman–Crippen MR) is 73.7 cm³/mol. The maximum absolute atomic E-state index is 11.7. The number of aromatic nitrogens is 1. The van der Waals surface area contributed by atoms with Crippen LogP contribution in [-0.4, -0.2) is 16.6 Å². The Labute approximate surface area is 106 Å². The number of carbonyl (C=O) groups excluding carboxylic acids is 1. The molecule has 18 heavy (non-hydrogen) atoms. The summed E-state index contributed by atoms with van der Waals surface area (Å²) in [4.78, 5) is 16.0. The zero-order valence-electron chi connectivity index (χ0n) is 10.8. The SMILES string of the molecule is CC(C)(C)NC(=O)Nc1ccc2ncccc2c1. The van der Waals surface area contributed by atoms with E-state index in [1.54, 1.807) is 6.20 Å². The Kier molecular flexibility index (Phi) is 3.19. The van der Waals surface area contributed by atoms with E-state index in [2.05, 4.69) is 15.6 Å². The lowest BCUT2D eigenvalue weighted by molar-refractivity contribution is 0.244. The number of urea groups is 1. The minimum absolute atomic E-state index is 0.203. The van der Waals surface area contributed by atoms with Crippen molar-refractivity contribution in [3.63, 3.8) is 0 Å². The van der Waals surface area contributed by atoms with Crippen LogP contribution in [0.3, 0.4) is 0 Å². The molecule has 0 saturated carbocycles. The van der Waals surface area contributed by atoms with Crippen LogP contribution in [0.5, 0.6) is 0 Å². The maximum Gasteiger partial charge on any atom is 0.319 e. The second-order valence-corrected chi connectivity index (χ2v) is 5.24. The average molecular weight is 243 g/mol. The molecule has 4 nitrogen and oxygen atoms in total. The molecule has 0 aliphatic rings. The lowest BCUT2D eigenvalue weighted by Crippen LogP contribution is -2.43. The van der Waals surface area contributed by atoms with Gasteiger partial charge in [-0.05, 0) is 45.0 Å². The summed E-state index contributed by atoms with van der Waals surface area (Å²) in [5.41, 5.74) is 1.43.